The number of benzene rings is 4. The standard InChI is InChI=1S/C57H58F3N9O7S/c1-56(2,3)76-54(74)51-38(18-20-47(63-51)69-27-24-34-10-7-11-39(42(34)31-69)52(72)65-55-62-44-12-5-6-13-46(44)77-55)37-17-15-36(30-43(37)57(58,59)60)75-28-8-9-33-22-25-68(26-23-33)32-49(71)61-35-14-16-40-45(29-35)67(4)66-50(40)41-19-21-48(70)64-53(41)73/h5-7,10-18,20,29-30,33,41H,8-9,19,21-28,31-32H2,1-4H3,(H,61,71)(H,62,65,72)(H,64,70,73). The molecule has 3 aliphatic heterocycles. The average molecular weight is 1070 g/mol. The lowest BCUT2D eigenvalue weighted by molar-refractivity contribution is -0.137. The smallest absolute Gasteiger partial charge is 0.417 e. The first kappa shape index (κ1) is 52.7. The van der Waals surface area contributed by atoms with Crippen LogP contribution < -0.4 is 25.6 Å². The minimum atomic E-state index is -4.82. The van der Waals surface area contributed by atoms with Gasteiger partial charge in [0.2, 0.25) is 17.7 Å². The van der Waals surface area contributed by atoms with Gasteiger partial charge in [0.1, 0.15) is 17.2 Å². The molecule has 0 aliphatic carbocycles. The summed E-state index contributed by atoms with van der Waals surface area (Å²) in [5.41, 5.74) is 2.39. The van der Waals surface area contributed by atoms with Crippen molar-refractivity contribution < 1.29 is 46.6 Å². The van der Waals surface area contributed by atoms with E-state index in [9.17, 15) is 24.0 Å². The molecule has 16 nitrogen and oxygen atoms in total. The van der Waals surface area contributed by atoms with E-state index in [1.54, 1.807) is 50.7 Å². The summed E-state index contributed by atoms with van der Waals surface area (Å²) in [6.07, 6.45) is -0.518. The molecular weight excluding hydrogens is 1010 g/mol. The molecule has 3 aliphatic rings. The number of carbonyl (C=O) groups is 5. The number of rotatable bonds is 14. The Kier molecular flexibility index (Phi) is 14.9. The van der Waals surface area contributed by atoms with Gasteiger partial charge in [-0.15, -0.1) is 0 Å². The van der Waals surface area contributed by atoms with Crippen molar-refractivity contribution in [2.45, 2.75) is 90.0 Å². The Hall–Kier alpha value is -7.71. The van der Waals surface area contributed by atoms with Crippen LogP contribution in [-0.4, -0.2) is 92.6 Å². The van der Waals surface area contributed by atoms with Gasteiger partial charge in [-0.05, 0) is 156 Å². The highest BCUT2D eigenvalue weighted by molar-refractivity contribution is 7.22. The molecular formula is C57H58F3N9O7S. The maximum atomic E-state index is 15.0. The van der Waals surface area contributed by atoms with Gasteiger partial charge in [-0.2, -0.15) is 18.3 Å². The van der Waals surface area contributed by atoms with E-state index >= 15 is 13.2 Å². The molecule has 7 aromatic rings. The summed E-state index contributed by atoms with van der Waals surface area (Å²) in [6.45, 7) is 7.57. The second kappa shape index (κ2) is 21.7. The number of fused-ring (bicyclic) bond motifs is 3. The molecule has 0 spiro atoms. The van der Waals surface area contributed by atoms with Crippen LogP contribution in [0.25, 0.3) is 32.2 Å². The first-order chi connectivity index (χ1) is 36.8. The van der Waals surface area contributed by atoms with E-state index in [2.05, 4.69) is 30.9 Å². The van der Waals surface area contributed by atoms with Crippen LogP contribution in [0.3, 0.4) is 0 Å². The van der Waals surface area contributed by atoms with Crippen LogP contribution in [0.4, 0.5) is 29.8 Å². The molecule has 77 heavy (non-hydrogen) atoms. The number of anilines is 3. The maximum Gasteiger partial charge on any atom is 0.417 e. The highest BCUT2D eigenvalue weighted by Crippen LogP contribution is 2.42. The molecule has 0 radical (unpaired) electrons. The normalized spacial score (nSPS) is 16.6. The quantitative estimate of drug-likeness (QED) is 0.0532. The number of piperidine rings is 2. The van der Waals surface area contributed by atoms with Gasteiger partial charge in [0.15, 0.2) is 10.8 Å². The van der Waals surface area contributed by atoms with Crippen molar-refractivity contribution in [2.75, 3.05) is 48.3 Å². The van der Waals surface area contributed by atoms with Crippen molar-refractivity contribution in [3.63, 3.8) is 0 Å². The third-order valence-electron chi connectivity index (χ3n) is 14.2. The van der Waals surface area contributed by atoms with Crippen molar-refractivity contribution in [2.24, 2.45) is 13.0 Å². The number of hydrogen-bond donors (Lipinski definition) is 3. The molecule has 400 valence electrons. The molecule has 1 unspecified atom stereocenters. The number of alkyl halides is 3. The molecule has 1 atom stereocenters. The number of hydrogen-bond acceptors (Lipinski definition) is 13. The molecule has 4 aromatic carbocycles. The van der Waals surface area contributed by atoms with Crippen LogP contribution in [0.2, 0.25) is 0 Å². The lowest BCUT2D eigenvalue weighted by atomic mass is 9.92. The van der Waals surface area contributed by atoms with Crippen LogP contribution in [0.5, 0.6) is 5.75 Å². The summed E-state index contributed by atoms with van der Waals surface area (Å²) >= 11 is 1.37. The maximum absolute atomic E-state index is 15.0. The number of thiazole rings is 1. The fraction of sp³-hybridized carbons (Fsp3) is 0.368. The van der Waals surface area contributed by atoms with Gasteiger partial charge in [0, 0.05) is 48.8 Å². The zero-order valence-electron chi connectivity index (χ0n) is 43.1. The zero-order chi connectivity index (χ0) is 54.2. The molecule has 20 heteroatoms. The number of nitrogens with one attached hydrogen (secondary N) is 3. The van der Waals surface area contributed by atoms with Gasteiger partial charge in [-0.3, -0.25) is 39.4 Å². The summed E-state index contributed by atoms with van der Waals surface area (Å²) in [7, 11) is 1.77. The topological polar surface area (TPSA) is 190 Å². The van der Waals surface area contributed by atoms with Gasteiger partial charge in [0.25, 0.3) is 5.91 Å². The number of para-hydroxylation sites is 1. The SMILES string of the molecule is Cn1nc(C2CCC(=O)NC2=O)c2ccc(NC(=O)CN3CCC(CCCOc4ccc(-c5ccc(N6CCc7cccc(C(=O)Nc8nc9ccccc9s8)c7C6)nc5C(=O)OC(C)(C)C)c(C(F)(F)F)c4)CC3)cc21. The van der Waals surface area contributed by atoms with Crippen molar-refractivity contribution in [1.82, 2.24) is 30.0 Å². The van der Waals surface area contributed by atoms with Crippen molar-refractivity contribution >= 4 is 78.7 Å². The summed E-state index contributed by atoms with van der Waals surface area (Å²) in [4.78, 5) is 78.3. The second-order valence-electron chi connectivity index (χ2n) is 20.8. The Bertz CT molecular complexity index is 3400. The van der Waals surface area contributed by atoms with Crippen LogP contribution in [0.15, 0.2) is 91.0 Å². The number of likely N-dealkylation sites (tertiary alicyclic amines) is 1. The first-order valence-electron chi connectivity index (χ1n) is 25.8. The Morgan fingerprint density at radius 2 is 1.65 bits per heavy atom. The largest absolute Gasteiger partial charge is 0.494 e. The number of aryl methyl sites for hydroxylation is 1. The molecule has 4 amide bonds. The van der Waals surface area contributed by atoms with E-state index in [1.807, 2.05) is 53.4 Å². The molecule has 0 bridgehead atoms. The fourth-order valence-electron chi connectivity index (χ4n) is 10.5. The minimum absolute atomic E-state index is 0.0394. The highest BCUT2D eigenvalue weighted by Gasteiger charge is 2.37. The summed E-state index contributed by atoms with van der Waals surface area (Å²) in [5, 5.41) is 14.1. The summed E-state index contributed by atoms with van der Waals surface area (Å²) in [5.74, 6) is -1.81. The van der Waals surface area contributed by atoms with E-state index in [1.165, 1.54) is 29.5 Å². The van der Waals surface area contributed by atoms with Crippen LogP contribution >= 0.6 is 11.3 Å². The second-order valence-corrected chi connectivity index (χ2v) is 21.9. The highest BCUT2D eigenvalue weighted by atomic mass is 32.1. The first-order valence-corrected chi connectivity index (χ1v) is 26.6. The summed E-state index contributed by atoms with van der Waals surface area (Å²) in [6, 6.07) is 25.4. The molecule has 3 aromatic heterocycles. The van der Waals surface area contributed by atoms with E-state index in [4.69, 9.17) is 14.5 Å². The van der Waals surface area contributed by atoms with Gasteiger partial charge in [-0.1, -0.05) is 41.7 Å². The average Bonchev–Trinajstić information content (AvgIpc) is 4.01. The number of aromatic nitrogens is 4. The van der Waals surface area contributed by atoms with E-state index in [0.29, 0.717) is 72.7 Å². The zero-order valence-corrected chi connectivity index (χ0v) is 43.9. The Morgan fingerprint density at radius 3 is 2.42 bits per heavy atom. The number of esters is 1. The van der Waals surface area contributed by atoms with Crippen molar-refractivity contribution in [1.29, 1.82) is 0 Å². The molecule has 6 heterocycles. The number of ether oxygens (including phenoxy) is 2. The van der Waals surface area contributed by atoms with Crippen LogP contribution in [-0.2, 0) is 45.3 Å². The monoisotopic (exact) mass is 1070 g/mol. The molecule has 3 N–H and O–H groups in total. The van der Waals surface area contributed by atoms with Gasteiger partial charge >= 0.3 is 12.1 Å². The Morgan fingerprint density at radius 1 is 0.857 bits per heavy atom. The molecule has 0 saturated carbocycles. The van der Waals surface area contributed by atoms with E-state index in [-0.39, 0.29) is 72.3 Å². The lowest BCUT2D eigenvalue weighted by Gasteiger charge is -2.31. The lowest BCUT2D eigenvalue weighted by Crippen LogP contribution is -2.39. The number of imide groups is 1. The predicted molar refractivity (Wildman–Crippen MR) is 287 cm³/mol. The minimum Gasteiger partial charge on any atom is -0.494 e. The van der Waals surface area contributed by atoms with Crippen molar-refractivity contribution in [3.05, 3.63) is 125 Å². The number of pyridine rings is 1. The number of halogens is 3. The van der Waals surface area contributed by atoms with Gasteiger partial charge < -0.3 is 19.7 Å². The number of carbonyl (C=O) groups excluding carboxylic acids is 5. The Labute approximate surface area is 446 Å². The number of nitrogens with zero attached hydrogens (tertiary/aromatic N) is 6. The van der Waals surface area contributed by atoms with Gasteiger partial charge in [-0.25, -0.2) is 14.8 Å². The van der Waals surface area contributed by atoms with Crippen LogP contribution in [0, 0.1) is 5.92 Å². The van der Waals surface area contributed by atoms with E-state index < -0.39 is 29.2 Å². The fourth-order valence-corrected chi connectivity index (χ4v) is 11.3. The third kappa shape index (κ3) is 12.0. The predicted octanol–water partition coefficient (Wildman–Crippen LogP) is 10.1. The molecule has 2 saturated heterocycles. The molecule has 2 fully saturated rings. The van der Waals surface area contributed by atoms with Crippen LogP contribution in [0.1, 0.15) is 108 Å². The van der Waals surface area contributed by atoms with Crippen molar-refractivity contribution in [3.8, 4) is 16.9 Å². The van der Waals surface area contributed by atoms with Gasteiger partial charge in [0.05, 0.1) is 46.1 Å². The number of amides is 4. The third-order valence-corrected chi connectivity index (χ3v) is 15.2. The van der Waals surface area contributed by atoms with E-state index in [0.717, 1.165) is 57.6 Å². The summed E-state index contributed by atoms with van der Waals surface area (Å²) < 4.78 is 59.4. The Balaban J connectivity index is 0.756. The molecule has 10 rings (SSSR count).